The predicted molar refractivity (Wildman–Crippen MR) is 100 cm³/mol. The fourth-order valence-electron chi connectivity index (χ4n) is 2.65. The maximum Gasteiger partial charge on any atom is 0.238 e. The van der Waals surface area contributed by atoms with Crippen molar-refractivity contribution in [1.82, 2.24) is 9.80 Å². The number of hydrogen-bond acceptors (Lipinski definition) is 3. The average Bonchev–Trinajstić information content (AvgIpc) is 2.50. The van der Waals surface area contributed by atoms with Crippen molar-refractivity contribution >= 4 is 40.1 Å². The van der Waals surface area contributed by atoms with Gasteiger partial charge in [-0.15, -0.1) is 0 Å². The highest BCUT2D eigenvalue weighted by Gasteiger charge is 2.23. The average molecular weight is 429 g/mol. The summed E-state index contributed by atoms with van der Waals surface area (Å²) in [6, 6.07) is 5.97. The molecule has 1 heterocycles. The van der Waals surface area contributed by atoms with E-state index >= 15 is 0 Å². The lowest BCUT2D eigenvalue weighted by Gasteiger charge is -2.35. The third-order valence-corrected chi connectivity index (χ3v) is 4.68. The number of carbonyl (C=O) groups excluding carboxylic acids is 2. The summed E-state index contributed by atoms with van der Waals surface area (Å²) in [4.78, 5) is 28.2. The lowest BCUT2D eigenvalue weighted by atomic mass is 10.1. The molecule has 0 radical (unpaired) electrons. The monoisotopic (exact) mass is 429 g/mol. The Morgan fingerprint density at radius 3 is 2.43 bits per heavy atom. The number of halogens is 1. The van der Waals surface area contributed by atoms with E-state index in [2.05, 4.69) is 32.8 Å². The van der Waals surface area contributed by atoms with Crippen LogP contribution in [-0.2, 0) is 9.59 Å². The molecular formula is C17H24IN3O2. The Morgan fingerprint density at radius 2 is 1.87 bits per heavy atom. The Bertz CT molecular complexity index is 581. The van der Waals surface area contributed by atoms with E-state index in [9.17, 15) is 9.59 Å². The van der Waals surface area contributed by atoms with Gasteiger partial charge in [0.1, 0.15) is 0 Å². The molecule has 0 saturated carbocycles. The normalized spacial score (nSPS) is 15.8. The number of anilines is 1. The van der Waals surface area contributed by atoms with E-state index in [1.165, 1.54) is 0 Å². The van der Waals surface area contributed by atoms with Gasteiger partial charge in [0.2, 0.25) is 11.8 Å². The lowest BCUT2D eigenvalue weighted by Crippen LogP contribution is -2.51. The first kappa shape index (κ1) is 18.2. The molecule has 0 spiro atoms. The number of hydrogen-bond donors (Lipinski definition) is 1. The summed E-state index contributed by atoms with van der Waals surface area (Å²) < 4.78 is 1.16. The van der Waals surface area contributed by atoms with Crippen LogP contribution in [0.25, 0.3) is 0 Å². The van der Waals surface area contributed by atoms with Crippen LogP contribution in [0.4, 0.5) is 5.69 Å². The molecule has 1 aromatic rings. The van der Waals surface area contributed by atoms with Crippen LogP contribution in [0.1, 0.15) is 19.4 Å². The van der Waals surface area contributed by atoms with Crippen LogP contribution in [-0.4, -0.2) is 54.3 Å². The molecule has 2 amide bonds. The molecule has 126 valence electrons. The van der Waals surface area contributed by atoms with Crippen molar-refractivity contribution in [3.8, 4) is 0 Å². The standard InChI is InChI=1S/C17H24IN3O2/c1-12(2)17(23)21-8-6-20(7-9-21)11-16(22)19-15-5-4-14(18)10-13(15)3/h4-5,10,12H,6-9,11H2,1-3H3,(H,19,22). The Morgan fingerprint density at radius 1 is 1.22 bits per heavy atom. The van der Waals surface area contributed by atoms with E-state index in [1.54, 1.807) is 0 Å². The van der Waals surface area contributed by atoms with Gasteiger partial charge in [-0.05, 0) is 53.3 Å². The molecule has 1 N–H and O–H groups in total. The van der Waals surface area contributed by atoms with Gasteiger partial charge in [0.15, 0.2) is 0 Å². The molecule has 6 heteroatoms. The van der Waals surface area contributed by atoms with Gasteiger partial charge in [-0.2, -0.15) is 0 Å². The second-order valence-corrected chi connectivity index (χ2v) is 7.51. The van der Waals surface area contributed by atoms with Crippen molar-refractivity contribution in [2.45, 2.75) is 20.8 Å². The van der Waals surface area contributed by atoms with Crippen LogP contribution < -0.4 is 5.32 Å². The largest absolute Gasteiger partial charge is 0.340 e. The SMILES string of the molecule is Cc1cc(I)ccc1NC(=O)CN1CCN(C(=O)C(C)C)CC1. The maximum atomic E-state index is 12.2. The van der Waals surface area contributed by atoms with Crippen LogP contribution >= 0.6 is 22.6 Å². The third-order valence-electron chi connectivity index (χ3n) is 4.01. The summed E-state index contributed by atoms with van der Waals surface area (Å²) in [7, 11) is 0. The number of benzene rings is 1. The highest BCUT2D eigenvalue weighted by Crippen LogP contribution is 2.17. The summed E-state index contributed by atoms with van der Waals surface area (Å²) in [5.74, 6) is 0.232. The van der Waals surface area contributed by atoms with Crippen molar-refractivity contribution in [3.63, 3.8) is 0 Å². The zero-order chi connectivity index (χ0) is 17.0. The predicted octanol–water partition coefficient (Wildman–Crippen LogP) is 2.34. The number of nitrogens with zero attached hydrogens (tertiary/aromatic N) is 2. The third kappa shape index (κ3) is 5.17. The second kappa shape index (κ2) is 8.10. The minimum absolute atomic E-state index is 0.00190. The minimum atomic E-state index is -0.00190. The van der Waals surface area contributed by atoms with E-state index in [1.807, 2.05) is 43.9 Å². The van der Waals surface area contributed by atoms with Crippen molar-refractivity contribution < 1.29 is 9.59 Å². The molecule has 0 unspecified atom stereocenters. The molecule has 5 nitrogen and oxygen atoms in total. The van der Waals surface area contributed by atoms with Crippen LogP contribution in [0.3, 0.4) is 0 Å². The van der Waals surface area contributed by atoms with Crippen LogP contribution in [0.2, 0.25) is 0 Å². The fraction of sp³-hybridized carbons (Fsp3) is 0.529. The summed E-state index contributed by atoms with van der Waals surface area (Å²) >= 11 is 2.26. The van der Waals surface area contributed by atoms with Crippen LogP contribution in [0.5, 0.6) is 0 Å². The Kier molecular flexibility index (Phi) is 6.41. The summed E-state index contributed by atoms with van der Waals surface area (Å²) in [6.07, 6.45) is 0. The number of piperazine rings is 1. The maximum absolute atomic E-state index is 12.2. The van der Waals surface area contributed by atoms with Crippen LogP contribution in [0.15, 0.2) is 18.2 Å². The van der Waals surface area contributed by atoms with E-state index in [4.69, 9.17) is 0 Å². The number of carbonyl (C=O) groups is 2. The Balaban J connectivity index is 1.82. The van der Waals surface area contributed by atoms with Gasteiger partial charge in [0, 0.05) is 41.4 Å². The molecule has 1 aliphatic heterocycles. The van der Waals surface area contributed by atoms with Crippen molar-refractivity contribution in [1.29, 1.82) is 0 Å². The van der Waals surface area contributed by atoms with Crippen molar-refractivity contribution in [2.24, 2.45) is 5.92 Å². The highest BCUT2D eigenvalue weighted by atomic mass is 127. The lowest BCUT2D eigenvalue weighted by molar-refractivity contribution is -0.136. The molecule has 0 bridgehead atoms. The second-order valence-electron chi connectivity index (χ2n) is 6.26. The molecule has 1 aromatic carbocycles. The van der Waals surface area contributed by atoms with E-state index in [0.29, 0.717) is 19.6 Å². The highest BCUT2D eigenvalue weighted by molar-refractivity contribution is 14.1. The van der Waals surface area contributed by atoms with Gasteiger partial charge >= 0.3 is 0 Å². The first-order chi connectivity index (χ1) is 10.9. The number of rotatable bonds is 4. The van der Waals surface area contributed by atoms with Gasteiger partial charge < -0.3 is 10.2 Å². The van der Waals surface area contributed by atoms with E-state index in [-0.39, 0.29) is 17.7 Å². The molecule has 2 rings (SSSR count). The first-order valence-corrected chi connectivity index (χ1v) is 9.02. The van der Waals surface area contributed by atoms with Crippen molar-refractivity contribution in [3.05, 3.63) is 27.3 Å². The topological polar surface area (TPSA) is 52.7 Å². The molecule has 0 atom stereocenters. The Hall–Kier alpha value is -1.15. The molecule has 0 aliphatic carbocycles. The zero-order valence-electron chi connectivity index (χ0n) is 13.9. The van der Waals surface area contributed by atoms with E-state index in [0.717, 1.165) is 27.9 Å². The van der Waals surface area contributed by atoms with Crippen LogP contribution in [0, 0.1) is 16.4 Å². The minimum Gasteiger partial charge on any atom is -0.340 e. The van der Waals surface area contributed by atoms with Crippen molar-refractivity contribution in [2.75, 3.05) is 38.0 Å². The summed E-state index contributed by atoms with van der Waals surface area (Å²) in [5, 5.41) is 2.97. The molecule has 1 fully saturated rings. The quantitative estimate of drug-likeness (QED) is 0.748. The molecule has 1 aliphatic rings. The number of aryl methyl sites for hydroxylation is 1. The first-order valence-electron chi connectivity index (χ1n) is 7.94. The zero-order valence-corrected chi connectivity index (χ0v) is 16.1. The fourth-order valence-corrected chi connectivity index (χ4v) is 3.30. The molecule has 23 heavy (non-hydrogen) atoms. The summed E-state index contributed by atoms with van der Waals surface area (Å²) in [5.41, 5.74) is 1.93. The van der Waals surface area contributed by atoms with Gasteiger partial charge in [-0.3, -0.25) is 14.5 Å². The number of nitrogens with one attached hydrogen (secondary N) is 1. The van der Waals surface area contributed by atoms with Gasteiger partial charge in [0.25, 0.3) is 0 Å². The van der Waals surface area contributed by atoms with Gasteiger partial charge in [0.05, 0.1) is 6.54 Å². The smallest absolute Gasteiger partial charge is 0.238 e. The molecule has 1 saturated heterocycles. The Labute approximate surface area is 151 Å². The van der Waals surface area contributed by atoms with Gasteiger partial charge in [-0.1, -0.05) is 13.8 Å². The number of amides is 2. The van der Waals surface area contributed by atoms with Gasteiger partial charge in [-0.25, -0.2) is 0 Å². The van der Waals surface area contributed by atoms with E-state index < -0.39 is 0 Å². The molecular weight excluding hydrogens is 405 g/mol. The molecule has 0 aromatic heterocycles. The summed E-state index contributed by atoms with van der Waals surface area (Å²) in [6.45, 7) is 9.11.